The third-order valence-electron chi connectivity index (χ3n) is 5.13. The zero-order valence-corrected chi connectivity index (χ0v) is 17.1. The highest BCUT2D eigenvalue weighted by Gasteiger charge is 2.29. The van der Waals surface area contributed by atoms with Crippen molar-refractivity contribution in [3.63, 3.8) is 0 Å². The minimum absolute atomic E-state index is 0.0565. The molecule has 0 aliphatic carbocycles. The summed E-state index contributed by atoms with van der Waals surface area (Å²) in [6.45, 7) is 4.41. The zero-order chi connectivity index (χ0) is 19.6. The number of nitrogens with zero attached hydrogens (tertiary/aromatic N) is 1. The summed E-state index contributed by atoms with van der Waals surface area (Å²) in [5.41, 5.74) is 1.90. The largest absolute Gasteiger partial charge is 0.486 e. The molecule has 1 N–H and O–H groups in total. The van der Waals surface area contributed by atoms with Crippen LogP contribution in [0, 0.1) is 0 Å². The van der Waals surface area contributed by atoms with Gasteiger partial charge in [-0.15, -0.1) is 0 Å². The van der Waals surface area contributed by atoms with Crippen LogP contribution in [0.5, 0.6) is 11.5 Å². The molecular weight excluding hydrogens is 400 g/mol. The topological polar surface area (TPSA) is 60.3 Å². The van der Waals surface area contributed by atoms with Gasteiger partial charge in [-0.1, -0.05) is 41.9 Å². The van der Waals surface area contributed by atoms with Crippen LogP contribution in [0.15, 0.2) is 42.5 Å². The maximum absolute atomic E-state index is 12.7. The van der Waals surface area contributed by atoms with E-state index in [1.54, 1.807) is 4.31 Å². The number of sulfonamides is 1. The molecular formula is C20H24ClN2O4S+. The minimum atomic E-state index is -3.29. The van der Waals surface area contributed by atoms with E-state index in [2.05, 4.69) is 0 Å². The second-order valence-corrected chi connectivity index (χ2v) is 9.55. The lowest BCUT2D eigenvalue weighted by atomic mass is 10.1. The molecule has 1 saturated heterocycles. The molecule has 0 radical (unpaired) electrons. The van der Waals surface area contributed by atoms with Gasteiger partial charge in [0.15, 0.2) is 11.5 Å². The standard InChI is InChI=1S/C20H23ClN2O4S/c21-18-12-17(13-19-20(18)27-11-10-26-19)14-22-6-8-23(9-7-22)28(24,25)15-16-4-2-1-3-5-16/h1-5,12-13H,6-11,14-15H2/p+1. The molecule has 6 nitrogen and oxygen atoms in total. The first-order valence-electron chi connectivity index (χ1n) is 9.44. The Hall–Kier alpha value is -1.80. The number of nitrogens with one attached hydrogen (secondary N) is 1. The first-order chi connectivity index (χ1) is 13.5. The van der Waals surface area contributed by atoms with E-state index in [9.17, 15) is 8.42 Å². The number of hydrogen-bond donors (Lipinski definition) is 1. The van der Waals surface area contributed by atoms with Gasteiger partial charge in [0.2, 0.25) is 10.0 Å². The van der Waals surface area contributed by atoms with Crippen LogP contribution in [-0.4, -0.2) is 52.1 Å². The molecule has 28 heavy (non-hydrogen) atoms. The van der Waals surface area contributed by atoms with Crippen LogP contribution in [0.4, 0.5) is 0 Å². The molecule has 0 amide bonds. The summed E-state index contributed by atoms with van der Waals surface area (Å²) in [5, 5.41) is 0.565. The normalized spacial score (nSPS) is 18.2. The first-order valence-corrected chi connectivity index (χ1v) is 11.4. The second-order valence-electron chi connectivity index (χ2n) is 7.17. The summed E-state index contributed by atoms with van der Waals surface area (Å²) >= 11 is 6.32. The van der Waals surface area contributed by atoms with Crippen molar-refractivity contribution in [3.05, 3.63) is 58.6 Å². The number of hydrogen-bond acceptors (Lipinski definition) is 4. The molecule has 0 atom stereocenters. The van der Waals surface area contributed by atoms with Crippen LogP contribution in [0.25, 0.3) is 0 Å². The molecule has 1 fully saturated rings. The first kappa shape index (κ1) is 19.5. The van der Waals surface area contributed by atoms with Gasteiger partial charge in [-0.05, 0) is 17.7 Å². The second kappa shape index (κ2) is 8.29. The van der Waals surface area contributed by atoms with E-state index in [4.69, 9.17) is 21.1 Å². The van der Waals surface area contributed by atoms with Crippen LogP contribution in [0.3, 0.4) is 0 Å². The summed E-state index contributed by atoms with van der Waals surface area (Å²) in [6, 6.07) is 13.2. The van der Waals surface area contributed by atoms with E-state index in [0.29, 0.717) is 42.8 Å². The van der Waals surface area contributed by atoms with Crippen molar-refractivity contribution < 1.29 is 22.8 Å². The van der Waals surface area contributed by atoms with Crippen LogP contribution < -0.4 is 14.4 Å². The Balaban J connectivity index is 1.36. The Bertz CT molecular complexity index is 929. The molecule has 2 aromatic rings. The van der Waals surface area contributed by atoms with Crippen molar-refractivity contribution in [2.45, 2.75) is 12.3 Å². The summed E-state index contributed by atoms with van der Waals surface area (Å²) in [7, 11) is -3.29. The third kappa shape index (κ3) is 4.43. The zero-order valence-electron chi connectivity index (χ0n) is 15.6. The van der Waals surface area contributed by atoms with Gasteiger partial charge in [-0.2, -0.15) is 4.31 Å². The maximum atomic E-state index is 12.7. The van der Waals surface area contributed by atoms with E-state index in [0.717, 1.165) is 30.8 Å². The molecule has 2 aliphatic heterocycles. The number of piperazine rings is 1. The van der Waals surface area contributed by atoms with E-state index >= 15 is 0 Å². The van der Waals surface area contributed by atoms with Gasteiger partial charge < -0.3 is 14.4 Å². The average Bonchev–Trinajstić information content (AvgIpc) is 2.69. The fourth-order valence-electron chi connectivity index (χ4n) is 3.69. The van der Waals surface area contributed by atoms with E-state index in [1.165, 1.54) is 4.90 Å². The molecule has 8 heteroatoms. The Morgan fingerprint density at radius 1 is 1.00 bits per heavy atom. The van der Waals surface area contributed by atoms with E-state index in [1.807, 2.05) is 42.5 Å². The van der Waals surface area contributed by atoms with Crippen LogP contribution in [0.1, 0.15) is 11.1 Å². The number of fused-ring (bicyclic) bond motifs is 1. The molecule has 150 valence electrons. The van der Waals surface area contributed by atoms with Gasteiger partial charge in [0.05, 0.1) is 37.0 Å². The Morgan fingerprint density at radius 2 is 1.71 bits per heavy atom. The molecule has 2 aliphatic rings. The fraction of sp³-hybridized carbons (Fsp3) is 0.400. The third-order valence-corrected chi connectivity index (χ3v) is 7.26. The molecule has 2 aromatic carbocycles. The molecule has 0 saturated carbocycles. The van der Waals surface area contributed by atoms with Gasteiger partial charge in [0.1, 0.15) is 19.8 Å². The van der Waals surface area contributed by atoms with Crippen molar-refractivity contribution in [2.24, 2.45) is 0 Å². The molecule has 0 bridgehead atoms. The van der Waals surface area contributed by atoms with Gasteiger partial charge >= 0.3 is 0 Å². The van der Waals surface area contributed by atoms with Crippen LogP contribution in [0.2, 0.25) is 5.02 Å². The van der Waals surface area contributed by atoms with E-state index < -0.39 is 10.0 Å². The summed E-state index contributed by atoms with van der Waals surface area (Å²) < 4.78 is 38.2. The Labute approximate surface area is 170 Å². The summed E-state index contributed by atoms with van der Waals surface area (Å²) in [5.74, 6) is 1.36. The highest BCUT2D eigenvalue weighted by atomic mass is 35.5. The lowest BCUT2D eigenvalue weighted by Crippen LogP contribution is -3.13. The monoisotopic (exact) mass is 423 g/mol. The van der Waals surface area contributed by atoms with Crippen molar-refractivity contribution in [1.82, 2.24) is 4.31 Å². The minimum Gasteiger partial charge on any atom is -0.486 e. The van der Waals surface area contributed by atoms with E-state index in [-0.39, 0.29) is 5.75 Å². The molecule has 2 heterocycles. The van der Waals surface area contributed by atoms with Crippen molar-refractivity contribution in [2.75, 3.05) is 39.4 Å². The molecule has 0 spiro atoms. The van der Waals surface area contributed by atoms with Crippen molar-refractivity contribution in [3.8, 4) is 11.5 Å². The lowest BCUT2D eigenvalue weighted by molar-refractivity contribution is -0.917. The smallest absolute Gasteiger partial charge is 0.218 e. The van der Waals surface area contributed by atoms with Crippen molar-refractivity contribution in [1.29, 1.82) is 0 Å². The average molecular weight is 424 g/mol. The van der Waals surface area contributed by atoms with Crippen LogP contribution in [-0.2, 0) is 22.3 Å². The maximum Gasteiger partial charge on any atom is 0.218 e. The molecule has 4 rings (SSSR count). The highest BCUT2D eigenvalue weighted by Crippen LogP contribution is 2.38. The number of quaternary nitrogens is 1. The predicted molar refractivity (Wildman–Crippen MR) is 107 cm³/mol. The van der Waals surface area contributed by atoms with Crippen molar-refractivity contribution >= 4 is 21.6 Å². The fourth-order valence-corrected chi connectivity index (χ4v) is 5.51. The number of benzene rings is 2. The Kier molecular flexibility index (Phi) is 5.78. The van der Waals surface area contributed by atoms with Gasteiger partial charge in [-0.25, -0.2) is 8.42 Å². The summed E-state index contributed by atoms with van der Waals surface area (Å²) in [4.78, 5) is 1.33. The summed E-state index contributed by atoms with van der Waals surface area (Å²) in [6.07, 6.45) is 0. The SMILES string of the molecule is O=S(=O)(Cc1ccccc1)N1CC[NH+](Cc2cc(Cl)c3c(c2)OCCO3)CC1. The van der Waals surface area contributed by atoms with Gasteiger partial charge in [0.25, 0.3) is 0 Å². The molecule has 0 aromatic heterocycles. The number of rotatable bonds is 5. The molecule has 0 unspecified atom stereocenters. The van der Waals surface area contributed by atoms with Gasteiger partial charge in [0, 0.05) is 5.56 Å². The number of halogens is 1. The number of ether oxygens (including phenoxy) is 2. The predicted octanol–water partition coefficient (Wildman–Crippen LogP) is 1.34. The quantitative estimate of drug-likeness (QED) is 0.788. The van der Waals surface area contributed by atoms with Crippen LogP contribution >= 0.6 is 11.6 Å². The van der Waals surface area contributed by atoms with Gasteiger partial charge in [-0.3, -0.25) is 0 Å². The highest BCUT2D eigenvalue weighted by molar-refractivity contribution is 7.88. The lowest BCUT2D eigenvalue weighted by Gasteiger charge is -2.31. The Morgan fingerprint density at radius 3 is 2.46 bits per heavy atom.